The van der Waals surface area contributed by atoms with Gasteiger partial charge in [0.05, 0.1) is 11.0 Å². The van der Waals surface area contributed by atoms with Gasteiger partial charge in [0.15, 0.2) is 0 Å². The van der Waals surface area contributed by atoms with E-state index in [0.717, 1.165) is 50.0 Å². The van der Waals surface area contributed by atoms with Crippen LogP contribution in [-0.2, 0) is 21.1 Å². The molecule has 0 unspecified atom stereocenters. The molecule has 0 N–H and O–H groups in total. The number of pyridine rings is 1. The number of aromatic nitrogens is 3. The van der Waals surface area contributed by atoms with E-state index in [4.69, 9.17) is 4.98 Å². The third kappa shape index (κ3) is 3.66. The van der Waals surface area contributed by atoms with Gasteiger partial charge in [0.1, 0.15) is 11.3 Å². The first kappa shape index (κ1) is 24.6. The van der Waals surface area contributed by atoms with Gasteiger partial charge in [0.25, 0.3) is 0 Å². The number of hydrogen-bond donors (Lipinski definition) is 0. The molecule has 0 saturated heterocycles. The molecular weight excluding hydrogens is 669 g/mol. The molecule has 4 heteroatoms. The number of fused-ring (bicyclic) bond motifs is 6. The predicted molar refractivity (Wildman–Crippen MR) is 161 cm³/mol. The first-order valence-corrected chi connectivity index (χ1v) is 13.2. The van der Waals surface area contributed by atoms with Crippen LogP contribution >= 0.6 is 0 Å². The molecule has 0 aliphatic carbocycles. The zero-order valence-corrected chi connectivity index (χ0v) is 24.0. The molecule has 0 radical (unpaired) electrons. The van der Waals surface area contributed by atoms with Gasteiger partial charge >= 0.3 is 21.1 Å². The molecule has 5 aromatic carbocycles. The Morgan fingerprint density at radius 3 is 1.85 bits per heavy atom. The number of aryl methyl sites for hydroxylation is 1. The maximum Gasteiger partial charge on any atom is 2.00 e. The quantitative estimate of drug-likeness (QED) is 0.170. The number of rotatable bonds is 3. The zero-order chi connectivity index (χ0) is 25.9. The van der Waals surface area contributed by atoms with E-state index in [1.807, 2.05) is 18.2 Å². The molecule has 0 spiro atoms. The maximum atomic E-state index is 5.41. The average Bonchev–Trinajstić information content (AvgIpc) is 3.49. The zero-order valence-electron chi connectivity index (χ0n) is 21.7. The standard InChI is InChI=1S/C36H23N3.Pt/c1-24-12-5-6-17-28(24)25-13-11-16-27(22-25)39-34-21-10-8-19-30(34)32-23-31-29-18-7-9-20-33(29)38(35(31)37-36(32)39)26-14-3-2-4-15-26;/h2-14,16-21,23H,1H3;/q-2;+2. The summed E-state index contributed by atoms with van der Waals surface area (Å²) in [5.74, 6) is 0. The van der Waals surface area contributed by atoms with Gasteiger partial charge < -0.3 is 9.13 Å². The van der Waals surface area contributed by atoms with Crippen LogP contribution in [0.4, 0.5) is 0 Å². The third-order valence-electron chi connectivity index (χ3n) is 7.67. The van der Waals surface area contributed by atoms with Crippen molar-refractivity contribution in [2.75, 3.05) is 0 Å². The molecule has 0 saturated carbocycles. The molecular formula is C36H23N3Pt. The molecule has 192 valence electrons. The van der Waals surface area contributed by atoms with E-state index in [0.29, 0.717) is 0 Å². The minimum absolute atomic E-state index is 0. The van der Waals surface area contributed by atoms with Crippen molar-refractivity contribution in [3.05, 3.63) is 139 Å². The number of para-hydroxylation sites is 3. The normalized spacial score (nSPS) is 11.4. The Labute approximate surface area is 246 Å². The summed E-state index contributed by atoms with van der Waals surface area (Å²) in [5, 5.41) is 4.63. The van der Waals surface area contributed by atoms with Crippen LogP contribution in [-0.4, -0.2) is 14.1 Å². The van der Waals surface area contributed by atoms with Crippen molar-refractivity contribution < 1.29 is 21.1 Å². The van der Waals surface area contributed by atoms with Crippen molar-refractivity contribution in [1.29, 1.82) is 0 Å². The van der Waals surface area contributed by atoms with Gasteiger partial charge in [-0.15, -0.1) is 35.9 Å². The van der Waals surface area contributed by atoms with E-state index in [2.05, 4.69) is 131 Å². The van der Waals surface area contributed by atoms with Crippen LogP contribution in [0.25, 0.3) is 66.4 Å². The van der Waals surface area contributed by atoms with Crippen molar-refractivity contribution >= 4 is 43.9 Å². The summed E-state index contributed by atoms with van der Waals surface area (Å²) in [6, 6.07) is 49.5. The van der Waals surface area contributed by atoms with Crippen LogP contribution in [0, 0.1) is 19.1 Å². The molecule has 0 fully saturated rings. The van der Waals surface area contributed by atoms with Crippen LogP contribution in [0.1, 0.15) is 5.56 Å². The summed E-state index contributed by atoms with van der Waals surface area (Å²) in [4.78, 5) is 5.41. The van der Waals surface area contributed by atoms with E-state index in [-0.39, 0.29) is 21.1 Å². The van der Waals surface area contributed by atoms with Crippen LogP contribution in [0.2, 0.25) is 0 Å². The van der Waals surface area contributed by atoms with Gasteiger partial charge in [-0.3, -0.25) is 0 Å². The summed E-state index contributed by atoms with van der Waals surface area (Å²) >= 11 is 0. The van der Waals surface area contributed by atoms with Crippen LogP contribution in [0.15, 0.2) is 121 Å². The molecule has 0 atom stereocenters. The molecule has 3 heterocycles. The molecule has 8 rings (SSSR count). The Bertz CT molecular complexity index is 2190. The van der Waals surface area contributed by atoms with Gasteiger partial charge in [0, 0.05) is 21.5 Å². The summed E-state index contributed by atoms with van der Waals surface area (Å²) in [6.07, 6.45) is 0. The Morgan fingerprint density at radius 1 is 0.575 bits per heavy atom. The smallest absolute Gasteiger partial charge is 0.318 e. The molecule has 0 amide bonds. The van der Waals surface area contributed by atoms with Crippen LogP contribution < -0.4 is 0 Å². The summed E-state index contributed by atoms with van der Waals surface area (Å²) in [6.45, 7) is 2.15. The van der Waals surface area contributed by atoms with Crippen LogP contribution in [0.3, 0.4) is 0 Å². The Hall–Kier alpha value is -4.46. The summed E-state index contributed by atoms with van der Waals surface area (Å²) in [5.41, 5.74) is 9.53. The largest absolute Gasteiger partial charge is 2.00 e. The first-order chi connectivity index (χ1) is 19.3. The first-order valence-electron chi connectivity index (χ1n) is 13.2. The van der Waals surface area contributed by atoms with E-state index in [1.54, 1.807) is 0 Å². The number of nitrogens with zero attached hydrogens (tertiary/aromatic N) is 3. The fraction of sp³-hybridized carbons (Fsp3) is 0.0278. The van der Waals surface area contributed by atoms with Crippen molar-refractivity contribution in [2.24, 2.45) is 0 Å². The Balaban J connectivity index is 0.00000264. The van der Waals surface area contributed by atoms with Crippen molar-refractivity contribution in [2.45, 2.75) is 6.92 Å². The van der Waals surface area contributed by atoms with E-state index >= 15 is 0 Å². The second-order valence-electron chi connectivity index (χ2n) is 9.95. The number of hydrogen-bond acceptors (Lipinski definition) is 1. The SMILES string of the molecule is Cc1ccccc1-c1[c-]c(-n2c3ccccc3c3cc4c5ccccc5n(-c5[c-]cccc5)c4nc32)ccc1.[Pt+2]. The molecule has 0 aliphatic heterocycles. The summed E-state index contributed by atoms with van der Waals surface area (Å²) in [7, 11) is 0. The van der Waals surface area contributed by atoms with Gasteiger partial charge in [-0.1, -0.05) is 77.5 Å². The monoisotopic (exact) mass is 692 g/mol. The molecule has 3 aromatic heterocycles. The molecule has 8 aromatic rings. The number of benzene rings is 5. The fourth-order valence-electron chi connectivity index (χ4n) is 5.88. The van der Waals surface area contributed by atoms with E-state index in [1.165, 1.54) is 21.9 Å². The van der Waals surface area contributed by atoms with Gasteiger partial charge in [0.2, 0.25) is 0 Å². The van der Waals surface area contributed by atoms with Gasteiger partial charge in [-0.2, -0.15) is 24.3 Å². The second-order valence-corrected chi connectivity index (χ2v) is 9.95. The molecule has 40 heavy (non-hydrogen) atoms. The van der Waals surface area contributed by atoms with E-state index in [9.17, 15) is 0 Å². The van der Waals surface area contributed by atoms with Crippen molar-refractivity contribution in [3.8, 4) is 22.5 Å². The Kier molecular flexibility index (Phi) is 5.91. The van der Waals surface area contributed by atoms with Gasteiger partial charge in [-0.05, 0) is 30.8 Å². The van der Waals surface area contributed by atoms with E-state index < -0.39 is 0 Å². The predicted octanol–water partition coefficient (Wildman–Crippen LogP) is 8.85. The van der Waals surface area contributed by atoms with Crippen molar-refractivity contribution in [3.63, 3.8) is 0 Å². The fourth-order valence-corrected chi connectivity index (χ4v) is 5.88. The molecule has 3 nitrogen and oxygen atoms in total. The average molecular weight is 693 g/mol. The van der Waals surface area contributed by atoms with Crippen LogP contribution in [0.5, 0.6) is 0 Å². The molecule has 0 bridgehead atoms. The summed E-state index contributed by atoms with van der Waals surface area (Å²) < 4.78 is 4.47. The van der Waals surface area contributed by atoms with Gasteiger partial charge in [-0.25, -0.2) is 4.98 Å². The Morgan fingerprint density at radius 2 is 1.18 bits per heavy atom. The maximum absolute atomic E-state index is 5.41. The molecule has 0 aliphatic rings. The minimum atomic E-state index is 0. The van der Waals surface area contributed by atoms with Crippen molar-refractivity contribution in [1.82, 2.24) is 14.1 Å². The second kappa shape index (κ2) is 9.62. The topological polar surface area (TPSA) is 22.8 Å². The minimum Gasteiger partial charge on any atom is -0.318 e. The third-order valence-corrected chi connectivity index (χ3v) is 7.67.